The van der Waals surface area contributed by atoms with Crippen molar-refractivity contribution >= 4 is 0 Å². The SMILES string of the molecule is CCC1CCCC(NCCc2ccn(C)n2)CC1. The maximum atomic E-state index is 4.41. The number of nitrogens with zero attached hydrogens (tertiary/aromatic N) is 2. The standard InChI is InChI=1S/C15H27N3/c1-3-13-5-4-6-14(8-7-13)16-11-9-15-10-12-18(2)17-15/h10,12-14,16H,3-9,11H2,1-2H3. The van der Waals surface area contributed by atoms with E-state index in [2.05, 4.69) is 23.4 Å². The summed E-state index contributed by atoms with van der Waals surface area (Å²) in [7, 11) is 1.98. The summed E-state index contributed by atoms with van der Waals surface area (Å²) in [5, 5.41) is 8.13. The van der Waals surface area contributed by atoms with E-state index in [-0.39, 0.29) is 0 Å². The van der Waals surface area contributed by atoms with Crippen LogP contribution in [0.1, 0.15) is 51.1 Å². The minimum Gasteiger partial charge on any atom is -0.314 e. The number of aromatic nitrogens is 2. The Hall–Kier alpha value is -0.830. The molecule has 1 aromatic heterocycles. The Balaban J connectivity index is 1.67. The summed E-state index contributed by atoms with van der Waals surface area (Å²) in [6, 6.07) is 2.85. The molecule has 1 aromatic rings. The highest BCUT2D eigenvalue weighted by atomic mass is 15.2. The monoisotopic (exact) mass is 249 g/mol. The summed E-state index contributed by atoms with van der Waals surface area (Å²) in [4.78, 5) is 0. The average molecular weight is 249 g/mol. The Labute approximate surface area is 111 Å². The lowest BCUT2D eigenvalue weighted by atomic mass is 9.98. The fourth-order valence-electron chi connectivity index (χ4n) is 2.99. The predicted molar refractivity (Wildman–Crippen MR) is 75.6 cm³/mol. The molecular formula is C15H27N3. The van der Waals surface area contributed by atoms with Crippen molar-refractivity contribution in [3.63, 3.8) is 0 Å². The first-order valence-corrected chi connectivity index (χ1v) is 7.50. The highest BCUT2D eigenvalue weighted by molar-refractivity contribution is 4.99. The Kier molecular flexibility index (Phi) is 5.24. The van der Waals surface area contributed by atoms with Crippen LogP contribution in [0.5, 0.6) is 0 Å². The van der Waals surface area contributed by atoms with Crippen molar-refractivity contribution in [2.45, 2.75) is 57.9 Å². The van der Waals surface area contributed by atoms with Gasteiger partial charge in [0, 0.05) is 32.3 Å². The van der Waals surface area contributed by atoms with Crippen LogP contribution in [-0.4, -0.2) is 22.4 Å². The van der Waals surface area contributed by atoms with Crippen molar-refractivity contribution < 1.29 is 0 Å². The Morgan fingerprint density at radius 2 is 2.22 bits per heavy atom. The topological polar surface area (TPSA) is 29.9 Å². The third kappa shape index (κ3) is 4.13. The molecule has 1 saturated carbocycles. The highest BCUT2D eigenvalue weighted by Crippen LogP contribution is 2.25. The van der Waals surface area contributed by atoms with Crippen LogP contribution in [0.15, 0.2) is 12.3 Å². The van der Waals surface area contributed by atoms with Crippen LogP contribution in [0.2, 0.25) is 0 Å². The first kappa shape index (κ1) is 13.6. The molecule has 1 N–H and O–H groups in total. The number of aryl methyl sites for hydroxylation is 1. The smallest absolute Gasteiger partial charge is 0.0637 e. The molecule has 2 unspecified atom stereocenters. The van der Waals surface area contributed by atoms with Gasteiger partial charge in [-0.2, -0.15) is 5.10 Å². The molecule has 0 bridgehead atoms. The maximum absolute atomic E-state index is 4.41. The fraction of sp³-hybridized carbons (Fsp3) is 0.800. The molecule has 1 fully saturated rings. The molecule has 2 rings (SSSR count). The van der Waals surface area contributed by atoms with E-state index in [0.717, 1.165) is 24.9 Å². The van der Waals surface area contributed by atoms with Crippen molar-refractivity contribution in [3.05, 3.63) is 18.0 Å². The average Bonchev–Trinajstić information content (AvgIpc) is 2.65. The molecule has 1 heterocycles. The van der Waals surface area contributed by atoms with E-state index in [1.807, 2.05) is 17.9 Å². The van der Waals surface area contributed by atoms with Gasteiger partial charge in [0.1, 0.15) is 0 Å². The van der Waals surface area contributed by atoms with Crippen LogP contribution in [0, 0.1) is 5.92 Å². The van der Waals surface area contributed by atoms with E-state index in [4.69, 9.17) is 0 Å². The van der Waals surface area contributed by atoms with Crippen LogP contribution in [0.4, 0.5) is 0 Å². The molecule has 3 heteroatoms. The van der Waals surface area contributed by atoms with Gasteiger partial charge in [-0.25, -0.2) is 0 Å². The molecule has 3 nitrogen and oxygen atoms in total. The highest BCUT2D eigenvalue weighted by Gasteiger charge is 2.17. The van der Waals surface area contributed by atoms with E-state index < -0.39 is 0 Å². The Bertz CT molecular complexity index is 345. The Morgan fingerprint density at radius 1 is 1.33 bits per heavy atom. The number of nitrogens with one attached hydrogen (secondary N) is 1. The first-order valence-electron chi connectivity index (χ1n) is 7.50. The normalized spacial score (nSPS) is 25.0. The molecule has 0 aromatic carbocycles. The minimum absolute atomic E-state index is 0.741. The summed E-state index contributed by atoms with van der Waals surface area (Å²) < 4.78 is 1.88. The van der Waals surface area contributed by atoms with Gasteiger partial charge >= 0.3 is 0 Å². The predicted octanol–water partition coefficient (Wildman–Crippen LogP) is 2.91. The summed E-state index contributed by atoms with van der Waals surface area (Å²) in [6.45, 7) is 3.40. The van der Waals surface area contributed by atoms with Gasteiger partial charge in [0.2, 0.25) is 0 Å². The van der Waals surface area contributed by atoms with Gasteiger partial charge in [0.15, 0.2) is 0 Å². The van der Waals surface area contributed by atoms with Gasteiger partial charge in [-0.15, -0.1) is 0 Å². The molecule has 0 amide bonds. The second-order valence-corrected chi connectivity index (χ2v) is 5.66. The zero-order valence-corrected chi connectivity index (χ0v) is 11.9. The van der Waals surface area contributed by atoms with Crippen molar-refractivity contribution in [2.24, 2.45) is 13.0 Å². The second-order valence-electron chi connectivity index (χ2n) is 5.66. The molecule has 1 aliphatic rings. The summed E-state index contributed by atoms with van der Waals surface area (Å²) >= 11 is 0. The van der Waals surface area contributed by atoms with Crippen LogP contribution >= 0.6 is 0 Å². The van der Waals surface area contributed by atoms with E-state index in [9.17, 15) is 0 Å². The largest absolute Gasteiger partial charge is 0.314 e. The van der Waals surface area contributed by atoms with E-state index in [1.165, 1.54) is 44.2 Å². The number of hydrogen-bond donors (Lipinski definition) is 1. The van der Waals surface area contributed by atoms with Gasteiger partial charge in [0.05, 0.1) is 5.69 Å². The molecule has 0 spiro atoms. The van der Waals surface area contributed by atoms with Gasteiger partial charge in [0.25, 0.3) is 0 Å². The van der Waals surface area contributed by atoms with E-state index in [1.54, 1.807) is 0 Å². The minimum atomic E-state index is 0.741. The summed E-state index contributed by atoms with van der Waals surface area (Å²) in [5.74, 6) is 0.979. The zero-order valence-electron chi connectivity index (χ0n) is 11.9. The Morgan fingerprint density at radius 3 is 2.94 bits per heavy atom. The third-order valence-electron chi connectivity index (χ3n) is 4.25. The third-order valence-corrected chi connectivity index (χ3v) is 4.25. The van der Waals surface area contributed by atoms with Crippen molar-refractivity contribution in [2.75, 3.05) is 6.54 Å². The first-order chi connectivity index (χ1) is 8.78. The van der Waals surface area contributed by atoms with Crippen molar-refractivity contribution in [1.29, 1.82) is 0 Å². The molecule has 0 saturated heterocycles. The fourth-order valence-corrected chi connectivity index (χ4v) is 2.99. The quantitative estimate of drug-likeness (QED) is 0.813. The lowest BCUT2D eigenvalue weighted by Crippen LogP contribution is -2.30. The summed E-state index contributed by atoms with van der Waals surface area (Å²) in [6.07, 6.45) is 11.4. The van der Waals surface area contributed by atoms with E-state index in [0.29, 0.717) is 0 Å². The molecule has 102 valence electrons. The zero-order chi connectivity index (χ0) is 12.8. The second kappa shape index (κ2) is 6.93. The molecular weight excluding hydrogens is 222 g/mol. The number of hydrogen-bond acceptors (Lipinski definition) is 2. The van der Waals surface area contributed by atoms with Crippen molar-refractivity contribution in [3.8, 4) is 0 Å². The van der Waals surface area contributed by atoms with Crippen LogP contribution in [0.25, 0.3) is 0 Å². The van der Waals surface area contributed by atoms with E-state index >= 15 is 0 Å². The maximum Gasteiger partial charge on any atom is 0.0637 e. The van der Waals surface area contributed by atoms with Gasteiger partial charge in [-0.05, 0) is 31.2 Å². The molecule has 2 atom stereocenters. The van der Waals surface area contributed by atoms with Gasteiger partial charge < -0.3 is 5.32 Å². The lowest BCUT2D eigenvalue weighted by Gasteiger charge is -2.16. The molecule has 0 aliphatic heterocycles. The lowest BCUT2D eigenvalue weighted by molar-refractivity contribution is 0.426. The van der Waals surface area contributed by atoms with Crippen LogP contribution in [0.3, 0.4) is 0 Å². The van der Waals surface area contributed by atoms with Gasteiger partial charge in [-0.1, -0.05) is 26.2 Å². The van der Waals surface area contributed by atoms with Crippen LogP contribution in [-0.2, 0) is 13.5 Å². The molecule has 1 aliphatic carbocycles. The van der Waals surface area contributed by atoms with Crippen LogP contribution < -0.4 is 5.32 Å². The summed E-state index contributed by atoms with van der Waals surface area (Å²) in [5.41, 5.74) is 1.20. The molecule has 18 heavy (non-hydrogen) atoms. The number of rotatable bonds is 5. The van der Waals surface area contributed by atoms with Gasteiger partial charge in [-0.3, -0.25) is 4.68 Å². The molecule has 0 radical (unpaired) electrons. The van der Waals surface area contributed by atoms with Crippen molar-refractivity contribution in [1.82, 2.24) is 15.1 Å².